The predicted octanol–water partition coefficient (Wildman–Crippen LogP) is 4.28. The third kappa shape index (κ3) is 4.13. The van der Waals surface area contributed by atoms with Crippen molar-refractivity contribution in [3.05, 3.63) is 22.2 Å². The van der Waals surface area contributed by atoms with E-state index in [0.717, 1.165) is 35.0 Å². The fourth-order valence-electron chi connectivity index (χ4n) is 2.54. The SMILES string of the molecule is CCOc1cc(CNC2CC2)cc(Br)c1OCC1CCC1. The Balaban J connectivity index is 1.69. The second kappa shape index (κ2) is 7.01. The summed E-state index contributed by atoms with van der Waals surface area (Å²) in [5.41, 5.74) is 1.24. The molecule has 3 rings (SSSR count). The first-order valence-corrected chi connectivity index (χ1v) is 8.87. The molecule has 0 bridgehead atoms. The van der Waals surface area contributed by atoms with E-state index in [1.54, 1.807) is 0 Å². The highest BCUT2D eigenvalue weighted by molar-refractivity contribution is 9.10. The van der Waals surface area contributed by atoms with Gasteiger partial charge in [-0.2, -0.15) is 0 Å². The van der Waals surface area contributed by atoms with E-state index in [9.17, 15) is 0 Å². The first-order chi connectivity index (χ1) is 10.3. The van der Waals surface area contributed by atoms with Gasteiger partial charge >= 0.3 is 0 Å². The van der Waals surface area contributed by atoms with Crippen molar-refractivity contribution in [2.75, 3.05) is 13.2 Å². The van der Waals surface area contributed by atoms with Crippen molar-refractivity contribution in [1.29, 1.82) is 0 Å². The Hall–Kier alpha value is -0.740. The molecule has 3 nitrogen and oxygen atoms in total. The minimum Gasteiger partial charge on any atom is -0.490 e. The number of halogens is 1. The molecular weight excluding hydrogens is 330 g/mol. The fraction of sp³-hybridized carbons (Fsp3) is 0.647. The molecule has 1 aromatic rings. The van der Waals surface area contributed by atoms with Crippen LogP contribution in [0.25, 0.3) is 0 Å². The third-order valence-electron chi connectivity index (χ3n) is 4.23. The number of hydrogen-bond acceptors (Lipinski definition) is 3. The van der Waals surface area contributed by atoms with E-state index in [2.05, 4.69) is 33.4 Å². The van der Waals surface area contributed by atoms with Gasteiger partial charge in [-0.3, -0.25) is 0 Å². The zero-order valence-corrected chi connectivity index (χ0v) is 14.2. The molecule has 0 aromatic heterocycles. The highest BCUT2D eigenvalue weighted by Gasteiger charge is 2.22. The molecule has 0 atom stereocenters. The van der Waals surface area contributed by atoms with Crippen molar-refractivity contribution >= 4 is 15.9 Å². The van der Waals surface area contributed by atoms with E-state index in [1.807, 2.05) is 6.92 Å². The Morgan fingerprint density at radius 3 is 2.62 bits per heavy atom. The van der Waals surface area contributed by atoms with E-state index in [1.165, 1.54) is 37.7 Å². The largest absolute Gasteiger partial charge is 0.490 e. The van der Waals surface area contributed by atoms with E-state index >= 15 is 0 Å². The molecule has 0 radical (unpaired) electrons. The van der Waals surface area contributed by atoms with Crippen LogP contribution >= 0.6 is 15.9 Å². The van der Waals surface area contributed by atoms with Gasteiger partial charge in [0.15, 0.2) is 11.5 Å². The lowest BCUT2D eigenvalue weighted by molar-refractivity contribution is 0.173. The molecule has 21 heavy (non-hydrogen) atoms. The molecule has 0 heterocycles. The highest BCUT2D eigenvalue weighted by Crippen LogP contribution is 2.38. The molecule has 1 N–H and O–H groups in total. The van der Waals surface area contributed by atoms with Crippen LogP contribution in [-0.2, 0) is 6.54 Å². The lowest BCUT2D eigenvalue weighted by Crippen LogP contribution is -2.20. The maximum absolute atomic E-state index is 6.03. The molecule has 0 unspecified atom stereocenters. The van der Waals surface area contributed by atoms with Gasteiger partial charge in [0.25, 0.3) is 0 Å². The molecule has 0 spiro atoms. The van der Waals surface area contributed by atoms with E-state index in [4.69, 9.17) is 9.47 Å². The van der Waals surface area contributed by atoms with Crippen molar-refractivity contribution in [2.24, 2.45) is 5.92 Å². The normalized spacial score (nSPS) is 18.4. The van der Waals surface area contributed by atoms with Gasteiger partial charge in [-0.05, 0) is 72.2 Å². The number of benzene rings is 1. The first-order valence-electron chi connectivity index (χ1n) is 8.07. The molecule has 116 valence electrons. The number of ether oxygens (including phenoxy) is 2. The Morgan fingerprint density at radius 2 is 2.00 bits per heavy atom. The minimum absolute atomic E-state index is 0.658. The van der Waals surface area contributed by atoms with Gasteiger partial charge < -0.3 is 14.8 Å². The average Bonchev–Trinajstić information content (AvgIpc) is 3.22. The summed E-state index contributed by atoms with van der Waals surface area (Å²) in [5, 5.41) is 3.54. The second-order valence-electron chi connectivity index (χ2n) is 6.10. The maximum Gasteiger partial charge on any atom is 0.175 e. The molecule has 0 amide bonds. The van der Waals surface area contributed by atoms with Gasteiger partial charge in [-0.25, -0.2) is 0 Å². The summed E-state index contributed by atoms with van der Waals surface area (Å²) >= 11 is 3.65. The van der Waals surface area contributed by atoms with Crippen molar-refractivity contribution in [3.63, 3.8) is 0 Å². The number of rotatable bonds is 8. The van der Waals surface area contributed by atoms with Crippen molar-refractivity contribution in [3.8, 4) is 11.5 Å². The maximum atomic E-state index is 6.03. The van der Waals surface area contributed by atoms with Gasteiger partial charge in [-0.1, -0.05) is 6.42 Å². The van der Waals surface area contributed by atoms with Crippen LogP contribution in [0.2, 0.25) is 0 Å². The molecular formula is C17H24BrNO2. The Morgan fingerprint density at radius 1 is 1.19 bits per heavy atom. The van der Waals surface area contributed by atoms with Crippen LogP contribution in [0.4, 0.5) is 0 Å². The molecule has 2 aliphatic carbocycles. The summed E-state index contributed by atoms with van der Waals surface area (Å²) in [7, 11) is 0. The predicted molar refractivity (Wildman–Crippen MR) is 88.0 cm³/mol. The second-order valence-corrected chi connectivity index (χ2v) is 6.96. The van der Waals surface area contributed by atoms with Crippen LogP contribution in [0.1, 0.15) is 44.6 Å². The Kier molecular flexibility index (Phi) is 5.07. The fourth-order valence-corrected chi connectivity index (χ4v) is 3.14. The van der Waals surface area contributed by atoms with Crippen LogP contribution in [0, 0.1) is 5.92 Å². The van der Waals surface area contributed by atoms with Gasteiger partial charge in [-0.15, -0.1) is 0 Å². The van der Waals surface area contributed by atoms with Crippen LogP contribution in [0.15, 0.2) is 16.6 Å². The number of hydrogen-bond donors (Lipinski definition) is 1. The summed E-state index contributed by atoms with van der Waals surface area (Å²) in [6.07, 6.45) is 6.55. The standard InChI is InChI=1S/C17H24BrNO2/c1-2-20-16-9-13(10-19-14-6-7-14)8-15(18)17(16)21-11-12-4-3-5-12/h8-9,12,14,19H,2-7,10-11H2,1H3. The minimum atomic E-state index is 0.658. The molecule has 2 saturated carbocycles. The smallest absolute Gasteiger partial charge is 0.175 e. The lowest BCUT2D eigenvalue weighted by Gasteiger charge is -2.26. The molecule has 0 aliphatic heterocycles. The van der Waals surface area contributed by atoms with E-state index < -0.39 is 0 Å². The zero-order valence-electron chi connectivity index (χ0n) is 12.7. The highest BCUT2D eigenvalue weighted by atomic mass is 79.9. The van der Waals surface area contributed by atoms with Crippen molar-refractivity contribution in [1.82, 2.24) is 5.32 Å². The summed E-state index contributed by atoms with van der Waals surface area (Å²) in [6.45, 7) is 4.37. The van der Waals surface area contributed by atoms with Crippen molar-refractivity contribution in [2.45, 2.75) is 51.6 Å². The lowest BCUT2D eigenvalue weighted by atomic mass is 9.86. The van der Waals surface area contributed by atoms with Gasteiger partial charge in [0.2, 0.25) is 0 Å². The molecule has 2 aliphatic rings. The summed E-state index contributed by atoms with van der Waals surface area (Å²) < 4.78 is 12.8. The van der Waals surface area contributed by atoms with Crippen LogP contribution < -0.4 is 14.8 Å². The average molecular weight is 354 g/mol. The topological polar surface area (TPSA) is 30.5 Å². The summed E-state index contributed by atoms with van der Waals surface area (Å²) in [5.74, 6) is 2.44. The monoisotopic (exact) mass is 353 g/mol. The van der Waals surface area contributed by atoms with Gasteiger partial charge in [0.1, 0.15) is 0 Å². The van der Waals surface area contributed by atoms with Gasteiger partial charge in [0, 0.05) is 12.6 Å². The third-order valence-corrected chi connectivity index (χ3v) is 4.82. The summed E-state index contributed by atoms with van der Waals surface area (Å²) in [6, 6.07) is 4.97. The van der Waals surface area contributed by atoms with Crippen molar-refractivity contribution < 1.29 is 9.47 Å². The Labute approximate surface area is 135 Å². The van der Waals surface area contributed by atoms with E-state index in [-0.39, 0.29) is 0 Å². The molecule has 1 aromatic carbocycles. The zero-order chi connectivity index (χ0) is 14.7. The van der Waals surface area contributed by atoms with E-state index in [0.29, 0.717) is 12.6 Å². The molecule has 4 heteroatoms. The molecule has 2 fully saturated rings. The van der Waals surface area contributed by atoms with Crippen LogP contribution in [0.5, 0.6) is 11.5 Å². The van der Waals surface area contributed by atoms with Crippen LogP contribution in [0.3, 0.4) is 0 Å². The quantitative estimate of drug-likeness (QED) is 0.756. The van der Waals surface area contributed by atoms with Crippen LogP contribution in [-0.4, -0.2) is 19.3 Å². The summed E-state index contributed by atoms with van der Waals surface area (Å²) in [4.78, 5) is 0. The first kappa shape index (κ1) is 15.2. The molecule has 0 saturated heterocycles. The Bertz CT molecular complexity index is 484. The number of nitrogens with one attached hydrogen (secondary N) is 1. The van der Waals surface area contributed by atoms with Gasteiger partial charge in [0.05, 0.1) is 17.7 Å².